The standard InChI is InChI=1S/C11H13Cl2F3OSi/c1-18(2,3)17-10(11(14,15)16)7-4-8(12)6-9(13)5-7/h4-6,10H,1-3H3. The fourth-order valence-electron chi connectivity index (χ4n) is 1.40. The lowest BCUT2D eigenvalue weighted by Gasteiger charge is -2.28. The minimum absolute atomic E-state index is 0.0672. The normalized spacial score (nSPS) is 14.7. The predicted octanol–water partition coefficient (Wildman–Crippen LogP) is 5.45. The third kappa shape index (κ3) is 4.80. The van der Waals surface area contributed by atoms with Crippen LogP contribution in [0.1, 0.15) is 11.7 Å². The molecule has 0 saturated heterocycles. The van der Waals surface area contributed by atoms with Crippen molar-refractivity contribution >= 4 is 31.5 Å². The molecular weight excluding hydrogens is 304 g/mol. The highest BCUT2D eigenvalue weighted by molar-refractivity contribution is 6.69. The van der Waals surface area contributed by atoms with Crippen LogP contribution in [-0.4, -0.2) is 14.5 Å². The molecule has 0 radical (unpaired) electrons. The number of alkyl halides is 3. The van der Waals surface area contributed by atoms with Crippen molar-refractivity contribution in [1.29, 1.82) is 0 Å². The van der Waals surface area contributed by atoms with Crippen LogP contribution in [0.4, 0.5) is 13.2 Å². The van der Waals surface area contributed by atoms with Crippen molar-refractivity contribution in [2.75, 3.05) is 0 Å². The van der Waals surface area contributed by atoms with Crippen molar-refractivity contribution < 1.29 is 17.6 Å². The summed E-state index contributed by atoms with van der Waals surface area (Å²) in [6.07, 6.45) is -6.48. The van der Waals surface area contributed by atoms with E-state index >= 15 is 0 Å². The molecule has 1 aromatic rings. The Morgan fingerprint density at radius 3 is 1.83 bits per heavy atom. The molecule has 0 spiro atoms. The van der Waals surface area contributed by atoms with Crippen molar-refractivity contribution in [1.82, 2.24) is 0 Å². The monoisotopic (exact) mass is 316 g/mol. The maximum atomic E-state index is 13.0. The molecule has 1 rings (SSSR count). The summed E-state index contributed by atoms with van der Waals surface area (Å²) in [6, 6.07) is 3.84. The van der Waals surface area contributed by atoms with Crippen LogP contribution in [0.25, 0.3) is 0 Å². The highest BCUT2D eigenvalue weighted by Gasteiger charge is 2.44. The van der Waals surface area contributed by atoms with Gasteiger partial charge in [-0.05, 0) is 43.4 Å². The summed E-state index contributed by atoms with van der Waals surface area (Å²) in [7, 11) is -2.35. The molecule has 0 fully saturated rings. The zero-order chi connectivity index (χ0) is 14.1. The summed E-state index contributed by atoms with van der Waals surface area (Å²) in [5.74, 6) is 0. The first kappa shape index (κ1) is 15.8. The van der Waals surface area contributed by atoms with Crippen LogP contribution < -0.4 is 0 Å². The minimum atomic E-state index is -4.49. The number of benzene rings is 1. The molecule has 0 saturated carbocycles. The second-order valence-corrected chi connectivity index (χ2v) is 10.2. The van der Waals surface area contributed by atoms with E-state index in [9.17, 15) is 13.2 Å². The van der Waals surface area contributed by atoms with E-state index in [-0.39, 0.29) is 15.6 Å². The van der Waals surface area contributed by atoms with Gasteiger partial charge in [-0.1, -0.05) is 23.2 Å². The molecule has 0 aromatic heterocycles. The van der Waals surface area contributed by atoms with Crippen molar-refractivity contribution in [3.63, 3.8) is 0 Å². The number of halogens is 5. The molecule has 102 valence electrons. The fourth-order valence-corrected chi connectivity index (χ4v) is 2.92. The number of rotatable bonds is 3. The van der Waals surface area contributed by atoms with Gasteiger partial charge in [0.15, 0.2) is 14.4 Å². The Morgan fingerprint density at radius 2 is 1.50 bits per heavy atom. The van der Waals surface area contributed by atoms with Crippen LogP contribution in [0, 0.1) is 0 Å². The van der Waals surface area contributed by atoms with E-state index in [1.807, 2.05) is 0 Å². The lowest BCUT2D eigenvalue weighted by molar-refractivity contribution is -0.200. The highest BCUT2D eigenvalue weighted by Crippen LogP contribution is 2.39. The van der Waals surface area contributed by atoms with E-state index in [1.165, 1.54) is 18.2 Å². The molecule has 18 heavy (non-hydrogen) atoms. The Labute approximate surface area is 115 Å². The van der Waals surface area contributed by atoms with Crippen LogP contribution in [-0.2, 0) is 4.43 Å². The van der Waals surface area contributed by atoms with Gasteiger partial charge in [-0.3, -0.25) is 0 Å². The van der Waals surface area contributed by atoms with Gasteiger partial charge in [-0.15, -0.1) is 0 Å². The van der Waals surface area contributed by atoms with Gasteiger partial charge in [0.25, 0.3) is 0 Å². The molecule has 0 aliphatic heterocycles. The third-order valence-corrected chi connectivity index (χ3v) is 3.34. The van der Waals surface area contributed by atoms with Gasteiger partial charge in [-0.25, -0.2) is 0 Å². The van der Waals surface area contributed by atoms with Crippen molar-refractivity contribution in [3.05, 3.63) is 33.8 Å². The maximum absolute atomic E-state index is 13.0. The molecule has 1 aromatic carbocycles. The zero-order valence-corrected chi connectivity index (χ0v) is 12.6. The summed E-state index contributed by atoms with van der Waals surface area (Å²) in [4.78, 5) is 0. The third-order valence-electron chi connectivity index (χ3n) is 1.96. The van der Waals surface area contributed by atoms with E-state index in [0.717, 1.165) is 0 Å². The fraction of sp³-hybridized carbons (Fsp3) is 0.455. The van der Waals surface area contributed by atoms with E-state index in [4.69, 9.17) is 27.6 Å². The largest absolute Gasteiger partial charge is 0.417 e. The van der Waals surface area contributed by atoms with Crippen molar-refractivity contribution in [2.24, 2.45) is 0 Å². The second kappa shape index (κ2) is 5.41. The van der Waals surface area contributed by atoms with Gasteiger partial charge in [0, 0.05) is 10.0 Å². The van der Waals surface area contributed by atoms with Gasteiger partial charge in [-0.2, -0.15) is 13.2 Å². The summed E-state index contributed by atoms with van der Waals surface area (Å²) >= 11 is 11.4. The van der Waals surface area contributed by atoms with Gasteiger partial charge in [0.05, 0.1) is 0 Å². The van der Waals surface area contributed by atoms with Crippen LogP contribution in [0.2, 0.25) is 29.7 Å². The Hall–Kier alpha value is -0.233. The summed E-state index contributed by atoms with van der Waals surface area (Å²) in [5, 5.41) is 0.317. The van der Waals surface area contributed by atoms with Crippen LogP contribution in [0.3, 0.4) is 0 Å². The van der Waals surface area contributed by atoms with Crippen molar-refractivity contribution in [2.45, 2.75) is 31.9 Å². The quantitative estimate of drug-likeness (QED) is 0.674. The SMILES string of the molecule is C[Si](C)(C)OC(c1cc(Cl)cc(Cl)c1)C(F)(F)F. The molecule has 0 amide bonds. The molecule has 1 nitrogen and oxygen atoms in total. The van der Waals surface area contributed by atoms with E-state index in [0.29, 0.717) is 0 Å². The highest BCUT2D eigenvalue weighted by atomic mass is 35.5. The Balaban J connectivity index is 3.18. The molecule has 0 N–H and O–H groups in total. The van der Waals surface area contributed by atoms with Gasteiger partial charge in [0.2, 0.25) is 0 Å². The van der Waals surface area contributed by atoms with Crippen LogP contribution in [0.5, 0.6) is 0 Å². The van der Waals surface area contributed by atoms with E-state index < -0.39 is 20.6 Å². The smallest absolute Gasteiger partial charge is 0.403 e. The first-order chi connectivity index (χ1) is 7.99. The molecule has 1 atom stereocenters. The average Bonchev–Trinajstić information content (AvgIpc) is 2.09. The van der Waals surface area contributed by atoms with Crippen LogP contribution in [0.15, 0.2) is 18.2 Å². The summed E-state index contributed by atoms with van der Waals surface area (Å²) < 4.78 is 44.2. The molecule has 1 unspecified atom stereocenters. The van der Waals surface area contributed by atoms with Crippen LogP contribution >= 0.6 is 23.2 Å². The topological polar surface area (TPSA) is 9.23 Å². The molecule has 7 heteroatoms. The predicted molar refractivity (Wildman–Crippen MR) is 69.7 cm³/mol. The molecule has 0 bridgehead atoms. The van der Waals surface area contributed by atoms with E-state index in [2.05, 4.69) is 0 Å². The maximum Gasteiger partial charge on any atom is 0.417 e. The molecule has 0 heterocycles. The first-order valence-corrected chi connectivity index (χ1v) is 9.36. The molecular formula is C11H13Cl2F3OSi. The lowest BCUT2D eigenvalue weighted by atomic mass is 10.1. The van der Waals surface area contributed by atoms with Crippen molar-refractivity contribution in [3.8, 4) is 0 Å². The first-order valence-electron chi connectivity index (χ1n) is 5.19. The summed E-state index contributed by atoms with van der Waals surface area (Å²) in [6.45, 7) is 5.08. The van der Waals surface area contributed by atoms with Gasteiger partial charge < -0.3 is 4.43 Å². The van der Waals surface area contributed by atoms with E-state index in [1.54, 1.807) is 19.6 Å². The number of hydrogen-bond donors (Lipinski definition) is 0. The Kier molecular flexibility index (Phi) is 4.75. The summed E-state index contributed by atoms with van der Waals surface area (Å²) in [5.41, 5.74) is -0.0672. The number of hydrogen-bond acceptors (Lipinski definition) is 1. The lowest BCUT2D eigenvalue weighted by Crippen LogP contribution is -2.35. The Morgan fingerprint density at radius 1 is 1.06 bits per heavy atom. The average molecular weight is 317 g/mol. The minimum Gasteiger partial charge on any atom is -0.403 e. The zero-order valence-electron chi connectivity index (χ0n) is 10.1. The van der Waals surface area contributed by atoms with Gasteiger partial charge in [0.1, 0.15) is 0 Å². The molecule has 0 aliphatic rings. The van der Waals surface area contributed by atoms with Gasteiger partial charge >= 0.3 is 6.18 Å². The second-order valence-electron chi connectivity index (χ2n) is 4.85. The Bertz CT molecular complexity index is 409. The molecule has 0 aliphatic carbocycles.